The van der Waals surface area contributed by atoms with E-state index in [4.69, 9.17) is 0 Å². The van der Waals surface area contributed by atoms with Crippen molar-refractivity contribution < 1.29 is 27.9 Å². The number of alkyl halides is 3. The normalized spacial score (nSPS) is 27.3. The van der Waals surface area contributed by atoms with E-state index in [1.807, 2.05) is 0 Å². The smallest absolute Gasteiger partial charge is 0.393 e. The highest BCUT2D eigenvalue weighted by Gasteiger charge is 2.44. The number of carbonyl (C=O) groups is 2. The third-order valence-corrected chi connectivity index (χ3v) is 7.24. The molecule has 5 atom stereocenters. The van der Waals surface area contributed by atoms with E-state index in [9.17, 15) is 27.9 Å². The predicted octanol–water partition coefficient (Wildman–Crippen LogP) is 3.29. The molecular weight excluding hydrogens is 435 g/mol. The van der Waals surface area contributed by atoms with Crippen molar-refractivity contribution in [3.8, 4) is 0 Å². The molecule has 2 fully saturated rings. The molecule has 2 amide bonds. The molecule has 2 N–H and O–H groups in total. The molecule has 1 aromatic carbocycles. The van der Waals surface area contributed by atoms with Gasteiger partial charge in [0, 0.05) is 36.2 Å². The summed E-state index contributed by atoms with van der Waals surface area (Å²) in [7, 11) is 2.08. The Morgan fingerprint density at radius 3 is 2.52 bits per heavy atom. The number of amides is 2. The van der Waals surface area contributed by atoms with Gasteiger partial charge in [0.25, 0.3) is 5.91 Å². The standard InChI is InChI=1S/C24H34F3N3O3/c1-14(2)29(4)18-8-9-21(19(13-18)15(3)31)30-11-10-20(23(30)33)28-22(32)16-6-5-7-17(12-16)24(25,26)27/h5-7,12,14-15,18-21,31H,8-11,13H2,1-4H3,(H,28,32). The lowest BCUT2D eigenvalue weighted by Gasteiger charge is -2.45. The predicted molar refractivity (Wildman–Crippen MR) is 119 cm³/mol. The minimum absolute atomic E-state index is 0.0770. The molecule has 0 radical (unpaired) electrons. The quantitative estimate of drug-likeness (QED) is 0.671. The van der Waals surface area contributed by atoms with E-state index in [1.54, 1.807) is 11.8 Å². The van der Waals surface area contributed by atoms with Crippen LogP contribution in [0.1, 0.15) is 62.4 Å². The molecule has 1 aromatic rings. The molecule has 6 nitrogen and oxygen atoms in total. The van der Waals surface area contributed by atoms with Gasteiger partial charge in [-0.2, -0.15) is 13.2 Å². The second-order valence-electron chi connectivity index (χ2n) is 9.62. The van der Waals surface area contributed by atoms with Gasteiger partial charge in [-0.05, 0) is 71.7 Å². The van der Waals surface area contributed by atoms with Gasteiger partial charge >= 0.3 is 6.18 Å². The van der Waals surface area contributed by atoms with Crippen LogP contribution in [0.3, 0.4) is 0 Å². The summed E-state index contributed by atoms with van der Waals surface area (Å²) in [6.07, 6.45) is -2.28. The van der Waals surface area contributed by atoms with Crippen molar-refractivity contribution in [3.05, 3.63) is 35.4 Å². The van der Waals surface area contributed by atoms with E-state index in [0.717, 1.165) is 31.4 Å². The van der Waals surface area contributed by atoms with E-state index in [1.165, 1.54) is 12.1 Å². The molecule has 1 aliphatic carbocycles. The maximum atomic E-state index is 13.1. The maximum Gasteiger partial charge on any atom is 0.416 e. The van der Waals surface area contributed by atoms with Crippen LogP contribution in [0, 0.1) is 5.92 Å². The largest absolute Gasteiger partial charge is 0.416 e. The van der Waals surface area contributed by atoms with Gasteiger partial charge in [0.2, 0.25) is 5.91 Å². The molecule has 1 heterocycles. The monoisotopic (exact) mass is 469 g/mol. The van der Waals surface area contributed by atoms with Crippen molar-refractivity contribution in [3.63, 3.8) is 0 Å². The Kier molecular flexibility index (Phi) is 7.73. The average molecular weight is 470 g/mol. The number of carbonyl (C=O) groups excluding carboxylic acids is 2. The summed E-state index contributed by atoms with van der Waals surface area (Å²) >= 11 is 0. The Morgan fingerprint density at radius 1 is 1.21 bits per heavy atom. The maximum absolute atomic E-state index is 13.1. The zero-order chi connectivity index (χ0) is 24.5. The second-order valence-corrected chi connectivity index (χ2v) is 9.62. The topological polar surface area (TPSA) is 72.9 Å². The summed E-state index contributed by atoms with van der Waals surface area (Å²) in [5, 5.41) is 13.1. The first-order valence-corrected chi connectivity index (χ1v) is 11.6. The second kappa shape index (κ2) is 10.0. The molecule has 1 saturated carbocycles. The summed E-state index contributed by atoms with van der Waals surface area (Å²) in [6, 6.07) is 3.99. The van der Waals surface area contributed by atoms with Crippen LogP contribution in [0.5, 0.6) is 0 Å². The van der Waals surface area contributed by atoms with Crippen molar-refractivity contribution in [2.75, 3.05) is 13.6 Å². The average Bonchev–Trinajstić information content (AvgIpc) is 3.12. The number of halogens is 3. The van der Waals surface area contributed by atoms with Gasteiger partial charge in [-0.15, -0.1) is 0 Å². The summed E-state index contributed by atoms with van der Waals surface area (Å²) in [6.45, 7) is 6.46. The number of benzene rings is 1. The SMILES string of the molecule is CC(O)C1CC(N(C)C(C)C)CCC1N1CCC(NC(=O)c2cccc(C(F)(F)F)c2)C1=O. The Labute approximate surface area is 193 Å². The van der Waals surface area contributed by atoms with Crippen molar-refractivity contribution in [2.24, 2.45) is 5.92 Å². The number of likely N-dealkylation sites (tertiary alicyclic amines) is 1. The Morgan fingerprint density at radius 2 is 1.91 bits per heavy atom. The molecule has 0 aromatic heterocycles. The molecule has 0 bridgehead atoms. The summed E-state index contributed by atoms with van der Waals surface area (Å²) < 4.78 is 38.9. The number of rotatable bonds is 6. The van der Waals surface area contributed by atoms with Crippen LogP contribution in [-0.2, 0) is 11.0 Å². The molecule has 3 rings (SSSR count). The summed E-state index contributed by atoms with van der Waals surface area (Å²) in [5.74, 6) is -1.01. The third-order valence-electron chi connectivity index (χ3n) is 7.24. The van der Waals surface area contributed by atoms with Gasteiger partial charge in [-0.3, -0.25) is 9.59 Å². The third kappa shape index (κ3) is 5.69. The lowest BCUT2D eigenvalue weighted by molar-refractivity contribution is -0.137. The number of hydrogen-bond acceptors (Lipinski definition) is 4. The van der Waals surface area contributed by atoms with Crippen LogP contribution in [0.2, 0.25) is 0 Å². The highest BCUT2D eigenvalue weighted by atomic mass is 19.4. The van der Waals surface area contributed by atoms with Crippen LogP contribution in [0.15, 0.2) is 24.3 Å². The lowest BCUT2D eigenvalue weighted by Crippen LogP contribution is -2.54. The van der Waals surface area contributed by atoms with E-state index in [0.29, 0.717) is 25.0 Å². The van der Waals surface area contributed by atoms with E-state index in [-0.39, 0.29) is 23.4 Å². The fourth-order valence-electron chi connectivity index (χ4n) is 5.11. The Balaban J connectivity index is 1.67. The van der Waals surface area contributed by atoms with E-state index < -0.39 is 29.8 Å². The van der Waals surface area contributed by atoms with Gasteiger partial charge in [0.15, 0.2) is 0 Å². The van der Waals surface area contributed by atoms with E-state index >= 15 is 0 Å². The molecule has 1 aliphatic heterocycles. The van der Waals surface area contributed by atoms with Gasteiger partial charge in [-0.25, -0.2) is 0 Å². The van der Waals surface area contributed by atoms with E-state index in [2.05, 4.69) is 31.1 Å². The van der Waals surface area contributed by atoms with Gasteiger partial charge in [-0.1, -0.05) is 6.07 Å². The summed E-state index contributed by atoms with van der Waals surface area (Å²) in [4.78, 5) is 29.7. The highest BCUT2D eigenvalue weighted by Crippen LogP contribution is 2.36. The highest BCUT2D eigenvalue weighted by molar-refractivity contribution is 5.98. The van der Waals surface area contributed by atoms with Gasteiger partial charge < -0.3 is 20.2 Å². The molecule has 2 aliphatic rings. The molecule has 0 spiro atoms. The van der Waals surface area contributed by atoms with Crippen molar-refractivity contribution >= 4 is 11.8 Å². The minimum atomic E-state index is -4.55. The molecule has 184 valence electrons. The summed E-state index contributed by atoms with van der Waals surface area (Å²) in [5.41, 5.74) is -1.03. The van der Waals surface area contributed by atoms with Crippen molar-refractivity contribution in [2.45, 2.75) is 82.9 Å². The van der Waals surface area contributed by atoms with Crippen LogP contribution in [-0.4, -0.2) is 70.6 Å². The minimum Gasteiger partial charge on any atom is -0.393 e. The molecule has 1 saturated heterocycles. The number of aliphatic hydroxyl groups excluding tert-OH is 1. The molecular formula is C24H34F3N3O3. The zero-order valence-corrected chi connectivity index (χ0v) is 19.6. The first-order valence-electron chi connectivity index (χ1n) is 11.6. The van der Waals surface area contributed by atoms with Crippen molar-refractivity contribution in [1.82, 2.24) is 15.1 Å². The van der Waals surface area contributed by atoms with Crippen molar-refractivity contribution in [1.29, 1.82) is 0 Å². The van der Waals surface area contributed by atoms with Crippen LogP contribution < -0.4 is 5.32 Å². The molecule has 5 unspecified atom stereocenters. The Bertz CT molecular complexity index is 859. The number of hydrogen-bond donors (Lipinski definition) is 2. The van der Waals surface area contributed by atoms with Crippen LogP contribution >= 0.6 is 0 Å². The number of nitrogens with zero attached hydrogens (tertiary/aromatic N) is 2. The fourth-order valence-corrected chi connectivity index (χ4v) is 5.11. The van der Waals surface area contributed by atoms with Crippen LogP contribution in [0.4, 0.5) is 13.2 Å². The fraction of sp³-hybridized carbons (Fsp3) is 0.667. The molecule has 33 heavy (non-hydrogen) atoms. The zero-order valence-electron chi connectivity index (χ0n) is 19.6. The number of nitrogens with one attached hydrogen (secondary N) is 1. The van der Waals surface area contributed by atoms with Gasteiger partial charge in [0.05, 0.1) is 11.7 Å². The first-order chi connectivity index (χ1) is 15.4. The first kappa shape index (κ1) is 25.5. The number of aliphatic hydroxyl groups is 1. The Hall–Kier alpha value is -2.13. The molecule has 9 heteroatoms. The van der Waals surface area contributed by atoms with Gasteiger partial charge in [0.1, 0.15) is 6.04 Å². The lowest BCUT2D eigenvalue weighted by atomic mass is 9.77. The van der Waals surface area contributed by atoms with Crippen LogP contribution in [0.25, 0.3) is 0 Å².